The number of aromatic nitrogens is 2. The van der Waals surface area contributed by atoms with Crippen LogP contribution < -0.4 is 17.0 Å². The number of ether oxygens (including phenoxy) is 2. The van der Waals surface area contributed by atoms with Crippen molar-refractivity contribution in [3.8, 4) is 0 Å². The van der Waals surface area contributed by atoms with Crippen molar-refractivity contribution in [2.75, 3.05) is 13.2 Å². The number of rotatable bonds is 6. The molecule has 1 unspecified atom stereocenters. The Labute approximate surface area is 139 Å². The molecule has 0 aromatic carbocycles. The average Bonchev–Trinajstić information content (AvgIpc) is 2.92. The highest BCUT2D eigenvalue weighted by Crippen LogP contribution is 2.35. The number of H-pyrrole nitrogens is 1. The third kappa shape index (κ3) is 4.21. The maximum absolute atomic E-state index is 12.0. The minimum absolute atomic E-state index is 0.0739. The lowest BCUT2D eigenvalue weighted by molar-refractivity contribution is -0.137. The molecule has 2 rings (SSSR count). The maximum atomic E-state index is 12.0. The number of nitrogens with two attached hydrogens (primary N) is 1. The van der Waals surface area contributed by atoms with E-state index in [1.165, 1.54) is 16.8 Å². The molecule has 0 radical (unpaired) electrons. The second kappa shape index (κ2) is 8.07. The van der Waals surface area contributed by atoms with Crippen LogP contribution in [0, 0.1) is 12.8 Å². The van der Waals surface area contributed by atoms with Gasteiger partial charge in [0.2, 0.25) is 0 Å². The Hall–Kier alpha value is -2.19. The number of carbonyl (C=O) groups excluding carboxylic acids is 1. The van der Waals surface area contributed by atoms with Crippen LogP contribution in [0.2, 0.25) is 0 Å². The molecule has 1 fully saturated rings. The minimum atomic E-state index is -0.517. The van der Waals surface area contributed by atoms with Crippen LogP contribution in [0.15, 0.2) is 27.9 Å². The molecule has 0 aliphatic carbocycles. The van der Waals surface area contributed by atoms with E-state index in [1.807, 2.05) is 0 Å². The zero-order valence-electron chi connectivity index (χ0n) is 13.9. The molecule has 24 heavy (non-hydrogen) atoms. The number of hydrogen-bond donors (Lipinski definition) is 2. The molecule has 8 nitrogen and oxygen atoms in total. The molecule has 0 bridgehead atoms. The predicted molar refractivity (Wildman–Crippen MR) is 87.5 cm³/mol. The Morgan fingerprint density at radius 1 is 1.54 bits per heavy atom. The summed E-state index contributed by atoms with van der Waals surface area (Å²) in [6.45, 7) is 4.13. The summed E-state index contributed by atoms with van der Waals surface area (Å²) in [5.41, 5.74) is 5.15. The van der Waals surface area contributed by atoms with E-state index in [0.717, 1.165) is 0 Å². The fourth-order valence-electron chi connectivity index (χ4n) is 2.78. The lowest BCUT2D eigenvalue weighted by atomic mass is 9.96. The van der Waals surface area contributed by atoms with Crippen LogP contribution in [-0.4, -0.2) is 34.8 Å². The lowest BCUT2D eigenvalue weighted by Gasteiger charge is -2.14. The molecule has 0 spiro atoms. The van der Waals surface area contributed by atoms with Gasteiger partial charge < -0.3 is 15.2 Å². The standard InChI is InChI=1S/C16H23N3O5/c1-3-23-14(20)5-4-12-11(6-7-17)8-13(24-12)19-9-10(2)15(21)18-16(19)22/h4-5,9,11-13H,3,6-8,17H2,1-2H3,(H,18,21,22)/t11-,12?,13+/m0/s1. The third-order valence-corrected chi connectivity index (χ3v) is 3.99. The zero-order chi connectivity index (χ0) is 17.7. The van der Waals surface area contributed by atoms with E-state index < -0.39 is 23.4 Å². The second-order valence-electron chi connectivity index (χ2n) is 5.72. The Kier molecular flexibility index (Phi) is 6.10. The number of aryl methyl sites for hydroxylation is 1. The maximum Gasteiger partial charge on any atom is 0.330 e. The van der Waals surface area contributed by atoms with Crippen molar-refractivity contribution in [3.63, 3.8) is 0 Å². The summed E-state index contributed by atoms with van der Waals surface area (Å²) in [6, 6.07) is 0. The summed E-state index contributed by atoms with van der Waals surface area (Å²) in [7, 11) is 0. The summed E-state index contributed by atoms with van der Waals surface area (Å²) in [5, 5.41) is 0. The van der Waals surface area contributed by atoms with Gasteiger partial charge in [0.15, 0.2) is 0 Å². The Balaban J connectivity index is 2.20. The smallest absolute Gasteiger partial charge is 0.330 e. The Bertz CT molecular complexity index is 721. The molecule has 1 saturated heterocycles. The first-order valence-corrected chi connectivity index (χ1v) is 7.98. The SMILES string of the molecule is CCOC(=O)C=CC1O[C@@H](n2cc(C)c(=O)[nH]c2=O)C[C@@H]1CCN. The van der Waals surface area contributed by atoms with Gasteiger partial charge in [0.25, 0.3) is 5.56 Å². The first-order chi connectivity index (χ1) is 11.5. The van der Waals surface area contributed by atoms with Gasteiger partial charge >= 0.3 is 11.7 Å². The van der Waals surface area contributed by atoms with Crippen molar-refractivity contribution >= 4 is 5.97 Å². The summed E-state index contributed by atoms with van der Waals surface area (Å²) in [4.78, 5) is 37.2. The van der Waals surface area contributed by atoms with Gasteiger partial charge in [-0.15, -0.1) is 0 Å². The average molecular weight is 337 g/mol. The first kappa shape index (κ1) is 18.2. The van der Waals surface area contributed by atoms with Crippen LogP contribution in [0.1, 0.15) is 31.6 Å². The number of aromatic amines is 1. The number of nitrogens with one attached hydrogen (secondary N) is 1. The van der Waals surface area contributed by atoms with Gasteiger partial charge in [-0.25, -0.2) is 9.59 Å². The van der Waals surface area contributed by atoms with E-state index in [1.54, 1.807) is 19.9 Å². The van der Waals surface area contributed by atoms with E-state index in [-0.39, 0.29) is 12.0 Å². The molecule has 0 amide bonds. The van der Waals surface area contributed by atoms with Gasteiger partial charge in [-0.1, -0.05) is 0 Å². The largest absolute Gasteiger partial charge is 0.463 e. The van der Waals surface area contributed by atoms with Crippen molar-refractivity contribution in [2.24, 2.45) is 11.7 Å². The van der Waals surface area contributed by atoms with E-state index in [0.29, 0.717) is 31.6 Å². The summed E-state index contributed by atoms with van der Waals surface area (Å²) in [6.07, 6.45) is 4.88. The molecular weight excluding hydrogens is 314 g/mol. The monoisotopic (exact) mass is 337 g/mol. The summed E-state index contributed by atoms with van der Waals surface area (Å²) < 4.78 is 12.1. The van der Waals surface area contributed by atoms with Gasteiger partial charge in [0.05, 0.1) is 12.7 Å². The van der Waals surface area contributed by atoms with Crippen LogP contribution in [0.25, 0.3) is 0 Å². The molecular formula is C16H23N3O5. The number of esters is 1. The van der Waals surface area contributed by atoms with Gasteiger partial charge in [-0.05, 0) is 45.2 Å². The normalized spacial score (nSPS) is 23.7. The highest BCUT2D eigenvalue weighted by Gasteiger charge is 2.34. The first-order valence-electron chi connectivity index (χ1n) is 7.98. The van der Waals surface area contributed by atoms with Crippen LogP contribution >= 0.6 is 0 Å². The summed E-state index contributed by atoms with van der Waals surface area (Å²) >= 11 is 0. The number of carbonyl (C=O) groups is 1. The predicted octanol–water partition coefficient (Wildman–Crippen LogP) is 0.217. The van der Waals surface area contributed by atoms with Gasteiger partial charge in [0.1, 0.15) is 6.23 Å². The Morgan fingerprint density at radius 2 is 2.29 bits per heavy atom. The fraction of sp³-hybridized carbons (Fsp3) is 0.562. The second-order valence-corrected chi connectivity index (χ2v) is 5.72. The molecule has 3 atom stereocenters. The van der Waals surface area contributed by atoms with Crippen molar-refractivity contribution in [2.45, 2.75) is 39.0 Å². The summed E-state index contributed by atoms with van der Waals surface area (Å²) in [5.74, 6) is -0.363. The Morgan fingerprint density at radius 3 is 2.96 bits per heavy atom. The van der Waals surface area contributed by atoms with Gasteiger partial charge in [-0.3, -0.25) is 14.3 Å². The molecule has 3 N–H and O–H groups in total. The quantitative estimate of drug-likeness (QED) is 0.566. The van der Waals surface area contributed by atoms with Crippen LogP contribution in [-0.2, 0) is 14.3 Å². The molecule has 1 aromatic rings. The molecule has 1 aliphatic rings. The van der Waals surface area contributed by atoms with Crippen LogP contribution in [0.3, 0.4) is 0 Å². The fourth-order valence-corrected chi connectivity index (χ4v) is 2.78. The van der Waals surface area contributed by atoms with Crippen molar-refractivity contribution < 1.29 is 14.3 Å². The van der Waals surface area contributed by atoms with Crippen LogP contribution in [0.4, 0.5) is 0 Å². The van der Waals surface area contributed by atoms with Crippen LogP contribution in [0.5, 0.6) is 0 Å². The number of hydrogen-bond acceptors (Lipinski definition) is 6. The molecule has 1 aliphatic heterocycles. The lowest BCUT2D eigenvalue weighted by Crippen LogP contribution is -2.33. The highest BCUT2D eigenvalue weighted by molar-refractivity contribution is 5.81. The van der Waals surface area contributed by atoms with Crippen molar-refractivity contribution in [3.05, 3.63) is 44.8 Å². The topological polar surface area (TPSA) is 116 Å². The molecule has 0 saturated carbocycles. The minimum Gasteiger partial charge on any atom is -0.463 e. The zero-order valence-corrected chi connectivity index (χ0v) is 13.9. The van der Waals surface area contributed by atoms with Crippen molar-refractivity contribution in [1.29, 1.82) is 0 Å². The van der Waals surface area contributed by atoms with Gasteiger partial charge in [0, 0.05) is 17.8 Å². The van der Waals surface area contributed by atoms with E-state index in [4.69, 9.17) is 15.2 Å². The molecule has 1 aromatic heterocycles. The van der Waals surface area contributed by atoms with Gasteiger partial charge in [-0.2, -0.15) is 0 Å². The van der Waals surface area contributed by atoms with Crippen molar-refractivity contribution in [1.82, 2.24) is 9.55 Å². The van der Waals surface area contributed by atoms with E-state index in [2.05, 4.69) is 4.98 Å². The molecule has 2 heterocycles. The van der Waals surface area contributed by atoms with E-state index in [9.17, 15) is 14.4 Å². The third-order valence-electron chi connectivity index (χ3n) is 3.99. The molecule has 132 valence electrons. The molecule has 8 heteroatoms. The highest BCUT2D eigenvalue weighted by atomic mass is 16.5. The number of nitrogens with zero attached hydrogens (tertiary/aromatic N) is 1. The van der Waals surface area contributed by atoms with E-state index >= 15 is 0 Å².